The minimum absolute atomic E-state index is 0.0143. The second-order valence-corrected chi connectivity index (χ2v) is 7.04. The fourth-order valence-electron chi connectivity index (χ4n) is 2.64. The minimum Gasteiger partial charge on any atom is -0.506 e. The molecule has 2 aromatic carbocycles. The Kier molecular flexibility index (Phi) is 5.75. The Morgan fingerprint density at radius 3 is 2.61 bits per heavy atom. The third-order valence-electron chi connectivity index (χ3n) is 4.01. The molecule has 0 amide bonds. The molecule has 0 saturated heterocycles. The molecule has 0 unspecified atom stereocenters. The second kappa shape index (κ2) is 8.22. The van der Waals surface area contributed by atoms with Crippen molar-refractivity contribution in [3.05, 3.63) is 69.8 Å². The SMILES string of the molecule is COC(=O)C1=C(O)/C(=C\c2ccc(O)c(OC)c2)SC1=Nc1cccc(C)c1. The fourth-order valence-corrected chi connectivity index (χ4v) is 3.68. The van der Waals surface area contributed by atoms with Gasteiger partial charge in [-0.1, -0.05) is 30.0 Å². The fraction of sp³-hybridized carbons (Fsp3) is 0.143. The van der Waals surface area contributed by atoms with Crippen LogP contribution in [-0.4, -0.2) is 35.4 Å². The van der Waals surface area contributed by atoms with Gasteiger partial charge in [0, 0.05) is 0 Å². The average molecular weight is 397 g/mol. The molecule has 0 saturated carbocycles. The van der Waals surface area contributed by atoms with Crippen LogP contribution in [0.25, 0.3) is 6.08 Å². The monoisotopic (exact) mass is 397 g/mol. The van der Waals surface area contributed by atoms with Gasteiger partial charge in [0.1, 0.15) is 16.4 Å². The van der Waals surface area contributed by atoms with E-state index in [-0.39, 0.29) is 17.1 Å². The van der Waals surface area contributed by atoms with E-state index in [9.17, 15) is 15.0 Å². The molecule has 28 heavy (non-hydrogen) atoms. The molecule has 2 aromatic rings. The number of hydrogen-bond donors (Lipinski definition) is 2. The Bertz CT molecular complexity index is 1020. The lowest BCUT2D eigenvalue weighted by atomic mass is 10.1. The van der Waals surface area contributed by atoms with Crippen LogP contribution in [0.4, 0.5) is 5.69 Å². The summed E-state index contributed by atoms with van der Waals surface area (Å²) in [5, 5.41) is 20.7. The van der Waals surface area contributed by atoms with Gasteiger partial charge in [0.2, 0.25) is 0 Å². The summed E-state index contributed by atoms with van der Waals surface area (Å²) in [6.45, 7) is 1.95. The maximum absolute atomic E-state index is 12.2. The van der Waals surface area contributed by atoms with Crippen LogP contribution >= 0.6 is 11.8 Å². The van der Waals surface area contributed by atoms with Crippen molar-refractivity contribution in [2.75, 3.05) is 14.2 Å². The van der Waals surface area contributed by atoms with Crippen LogP contribution in [-0.2, 0) is 9.53 Å². The predicted molar refractivity (Wildman–Crippen MR) is 110 cm³/mol. The Balaban J connectivity index is 2.05. The number of phenols is 1. The van der Waals surface area contributed by atoms with Crippen LogP contribution in [0.2, 0.25) is 0 Å². The van der Waals surface area contributed by atoms with Gasteiger partial charge in [0.25, 0.3) is 0 Å². The van der Waals surface area contributed by atoms with Crippen molar-refractivity contribution < 1.29 is 24.5 Å². The van der Waals surface area contributed by atoms with E-state index in [0.29, 0.717) is 26.9 Å². The molecule has 0 radical (unpaired) electrons. The van der Waals surface area contributed by atoms with Crippen LogP contribution in [0.5, 0.6) is 11.5 Å². The highest BCUT2D eigenvalue weighted by atomic mass is 32.2. The van der Waals surface area contributed by atoms with Gasteiger partial charge < -0.3 is 19.7 Å². The van der Waals surface area contributed by atoms with Crippen LogP contribution in [0, 0.1) is 6.92 Å². The molecule has 3 rings (SSSR count). The summed E-state index contributed by atoms with van der Waals surface area (Å²) in [6, 6.07) is 12.3. The number of carbonyl (C=O) groups excluding carboxylic acids is 1. The van der Waals surface area contributed by atoms with Crippen LogP contribution in [0.1, 0.15) is 11.1 Å². The van der Waals surface area contributed by atoms with E-state index < -0.39 is 5.97 Å². The molecular weight excluding hydrogens is 378 g/mol. The van der Waals surface area contributed by atoms with Crippen molar-refractivity contribution in [2.45, 2.75) is 6.92 Å². The van der Waals surface area contributed by atoms with Gasteiger partial charge in [-0.2, -0.15) is 0 Å². The number of thioether (sulfide) groups is 1. The number of aliphatic hydroxyl groups is 1. The molecule has 0 atom stereocenters. The average Bonchev–Trinajstić information content (AvgIpc) is 2.97. The van der Waals surface area contributed by atoms with Gasteiger partial charge in [-0.3, -0.25) is 0 Å². The van der Waals surface area contributed by atoms with Gasteiger partial charge in [0.05, 0.1) is 24.8 Å². The van der Waals surface area contributed by atoms with E-state index in [0.717, 1.165) is 5.56 Å². The Labute approximate surface area is 166 Å². The predicted octanol–water partition coefficient (Wildman–Crippen LogP) is 4.51. The Morgan fingerprint density at radius 1 is 1.14 bits per heavy atom. The quantitative estimate of drug-likeness (QED) is 0.738. The number of carbonyl (C=O) groups is 1. The number of esters is 1. The first kappa shape index (κ1) is 19.6. The number of aryl methyl sites for hydroxylation is 1. The number of rotatable bonds is 4. The first-order chi connectivity index (χ1) is 13.4. The summed E-state index contributed by atoms with van der Waals surface area (Å²) in [5.74, 6) is -0.540. The van der Waals surface area contributed by atoms with E-state index in [1.165, 1.54) is 32.0 Å². The number of aromatic hydroxyl groups is 1. The van der Waals surface area contributed by atoms with E-state index in [1.54, 1.807) is 18.2 Å². The summed E-state index contributed by atoms with van der Waals surface area (Å²) in [4.78, 5) is 17.2. The van der Waals surface area contributed by atoms with Gasteiger partial charge in [0.15, 0.2) is 11.5 Å². The molecule has 1 aliphatic rings. The van der Waals surface area contributed by atoms with E-state index in [4.69, 9.17) is 9.47 Å². The minimum atomic E-state index is -0.664. The Hall–Kier alpha value is -3.19. The molecule has 1 aliphatic heterocycles. The molecule has 0 spiro atoms. The number of aliphatic hydroxyl groups excluding tert-OH is 1. The number of aliphatic imine (C=N–C) groups is 1. The lowest BCUT2D eigenvalue weighted by Crippen LogP contribution is -2.10. The Morgan fingerprint density at radius 2 is 1.93 bits per heavy atom. The van der Waals surface area contributed by atoms with E-state index >= 15 is 0 Å². The van der Waals surface area contributed by atoms with Crippen molar-refractivity contribution in [3.63, 3.8) is 0 Å². The maximum atomic E-state index is 12.2. The van der Waals surface area contributed by atoms with Crippen molar-refractivity contribution in [1.82, 2.24) is 0 Å². The smallest absolute Gasteiger partial charge is 0.344 e. The summed E-state index contributed by atoms with van der Waals surface area (Å²) in [6.07, 6.45) is 1.68. The van der Waals surface area contributed by atoms with Gasteiger partial charge in [-0.05, 0) is 48.4 Å². The first-order valence-electron chi connectivity index (χ1n) is 8.37. The molecule has 0 aliphatic carbocycles. The van der Waals surface area contributed by atoms with Gasteiger partial charge in [-0.15, -0.1) is 0 Å². The lowest BCUT2D eigenvalue weighted by Gasteiger charge is -2.04. The summed E-state index contributed by atoms with van der Waals surface area (Å²) in [7, 11) is 2.71. The second-order valence-electron chi connectivity index (χ2n) is 6.01. The van der Waals surface area contributed by atoms with Gasteiger partial charge in [-0.25, -0.2) is 9.79 Å². The highest BCUT2D eigenvalue weighted by molar-refractivity contribution is 8.18. The normalized spacial score (nSPS) is 16.7. The number of phenolic OH excluding ortho intramolecular Hbond substituents is 1. The molecule has 6 nitrogen and oxygen atoms in total. The zero-order valence-electron chi connectivity index (χ0n) is 15.6. The molecule has 0 aromatic heterocycles. The van der Waals surface area contributed by atoms with Crippen LogP contribution < -0.4 is 4.74 Å². The number of ether oxygens (including phenoxy) is 2. The van der Waals surface area contributed by atoms with Crippen molar-refractivity contribution in [3.8, 4) is 11.5 Å². The number of benzene rings is 2. The lowest BCUT2D eigenvalue weighted by molar-refractivity contribution is -0.135. The molecule has 7 heteroatoms. The molecule has 2 N–H and O–H groups in total. The van der Waals surface area contributed by atoms with Gasteiger partial charge >= 0.3 is 5.97 Å². The standard InChI is InChI=1S/C21H19NO5S/c1-12-5-4-6-14(9-12)22-20-18(21(25)27-3)19(24)17(28-20)11-13-7-8-15(23)16(10-13)26-2/h4-11,23-24H,1-3H3/b17-11+,22-20?. The molecule has 144 valence electrons. The first-order valence-corrected chi connectivity index (χ1v) is 9.18. The largest absolute Gasteiger partial charge is 0.506 e. The zero-order chi connectivity index (χ0) is 20.3. The van der Waals surface area contributed by atoms with Crippen molar-refractivity contribution in [2.24, 2.45) is 4.99 Å². The summed E-state index contributed by atoms with van der Waals surface area (Å²) < 4.78 is 9.92. The highest BCUT2D eigenvalue weighted by Crippen LogP contribution is 2.40. The molecular formula is C21H19NO5S. The molecule has 1 heterocycles. The van der Waals surface area contributed by atoms with Crippen molar-refractivity contribution in [1.29, 1.82) is 0 Å². The topological polar surface area (TPSA) is 88.4 Å². The third-order valence-corrected chi connectivity index (χ3v) is 5.03. The van der Waals surface area contributed by atoms with Crippen LogP contribution in [0.3, 0.4) is 0 Å². The molecule has 0 bridgehead atoms. The van der Waals surface area contributed by atoms with Crippen molar-refractivity contribution >= 4 is 34.5 Å². The third kappa shape index (κ3) is 4.04. The molecule has 0 fully saturated rings. The maximum Gasteiger partial charge on any atom is 0.344 e. The van der Waals surface area contributed by atoms with E-state index in [1.807, 2.05) is 31.2 Å². The number of methoxy groups -OCH3 is 2. The number of hydrogen-bond acceptors (Lipinski definition) is 7. The van der Waals surface area contributed by atoms with E-state index in [2.05, 4.69) is 4.99 Å². The zero-order valence-corrected chi connectivity index (χ0v) is 16.4. The van der Waals surface area contributed by atoms with Crippen LogP contribution in [0.15, 0.2) is 63.7 Å². The summed E-state index contributed by atoms with van der Waals surface area (Å²) in [5.41, 5.74) is 2.41. The highest BCUT2D eigenvalue weighted by Gasteiger charge is 2.33. The summed E-state index contributed by atoms with van der Waals surface area (Å²) >= 11 is 1.17. The number of nitrogens with zero attached hydrogens (tertiary/aromatic N) is 1.